The highest BCUT2D eigenvalue weighted by Crippen LogP contribution is 2.32. The second-order valence-corrected chi connectivity index (χ2v) is 5.40. The Labute approximate surface area is 144 Å². The first-order valence-corrected chi connectivity index (χ1v) is 7.61. The first-order valence-electron chi connectivity index (χ1n) is 7.61. The van der Waals surface area contributed by atoms with Crippen molar-refractivity contribution in [3.8, 4) is 11.1 Å². The molecular weight excluding hydrogens is 318 g/mol. The number of nitrogens with two attached hydrogens (primary N) is 1. The van der Waals surface area contributed by atoms with Gasteiger partial charge >= 0.3 is 6.09 Å². The molecule has 126 valence electrons. The number of rotatable bonds is 4. The summed E-state index contributed by atoms with van der Waals surface area (Å²) in [6.07, 6.45) is 2.79. The smallest absolute Gasteiger partial charge is 0.411 e. The lowest BCUT2D eigenvalue weighted by atomic mass is 9.97. The van der Waals surface area contributed by atoms with Gasteiger partial charge in [0.15, 0.2) is 5.78 Å². The maximum absolute atomic E-state index is 12.8. The molecule has 6 nitrogen and oxygen atoms in total. The third kappa shape index (κ3) is 3.37. The Bertz CT molecular complexity index is 914. The fourth-order valence-corrected chi connectivity index (χ4v) is 2.55. The summed E-state index contributed by atoms with van der Waals surface area (Å²) in [6, 6.07) is 14.0. The Morgan fingerprint density at radius 2 is 1.72 bits per heavy atom. The summed E-state index contributed by atoms with van der Waals surface area (Å²) in [5.41, 5.74) is 9.27. The molecule has 0 saturated carbocycles. The molecule has 0 aliphatic heterocycles. The van der Waals surface area contributed by atoms with Crippen LogP contribution in [0.3, 0.4) is 0 Å². The highest BCUT2D eigenvalue weighted by Gasteiger charge is 2.18. The molecule has 1 aromatic heterocycles. The molecule has 4 N–H and O–H groups in total. The minimum Gasteiger partial charge on any atom is -0.453 e. The van der Waals surface area contributed by atoms with Crippen LogP contribution in [0.5, 0.6) is 0 Å². The first kappa shape index (κ1) is 16.3. The highest BCUT2D eigenvalue weighted by molar-refractivity contribution is 6.13. The summed E-state index contributed by atoms with van der Waals surface area (Å²) >= 11 is 0. The molecule has 1 amide bonds. The van der Waals surface area contributed by atoms with Crippen LogP contribution in [0.4, 0.5) is 16.2 Å². The van der Waals surface area contributed by atoms with E-state index in [4.69, 9.17) is 5.73 Å². The molecule has 3 rings (SSSR count). The van der Waals surface area contributed by atoms with Gasteiger partial charge in [0.1, 0.15) is 0 Å². The molecular formula is C19H17N3O3. The van der Waals surface area contributed by atoms with E-state index >= 15 is 0 Å². The molecule has 0 atom stereocenters. The molecule has 0 radical (unpaired) electrons. The standard InChI is InChI=1S/C19H17N3O3/c1-25-19(24)22-17-5-3-2-4-14(17)15-10-21-11-16(15)18(23)12-6-8-13(20)9-7-12/h2-11,21H,20H2,1H3,(H,22,24). The van der Waals surface area contributed by atoms with Crippen molar-refractivity contribution < 1.29 is 14.3 Å². The zero-order valence-corrected chi connectivity index (χ0v) is 13.6. The normalized spacial score (nSPS) is 10.3. The van der Waals surface area contributed by atoms with E-state index in [1.807, 2.05) is 12.1 Å². The molecule has 2 aromatic carbocycles. The number of ether oxygens (including phenoxy) is 1. The van der Waals surface area contributed by atoms with E-state index in [0.29, 0.717) is 33.6 Å². The average molecular weight is 335 g/mol. The number of para-hydroxylation sites is 1. The van der Waals surface area contributed by atoms with Crippen LogP contribution in [0.25, 0.3) is 11.1 Å². The number of aromatic amines is 1. The Kier molecular flexibility index (Phi) is 4.52. The number of hydrogen-bond donors (Lipinski definition) is 3. The number of nitrogen functional groups attached to an aromatic ring is 1. The zero-order valence-electron chi connectivity index (χ0n) is 13.6. The van der Waals surface area contributed by atoms with E-state index < -0.39 is 6.09 Å². The van der Waals surface area contributed by atoms with Crippen molar-refractivity contribution in [2.75, 3.05) is 18.2 Å². The van der Waals surface area contributed by atoms with Crippen LogP contribution >= 0.6 is 0 Å². The van der Waals surface area contributed by atoms with Gasteiger partial charge in [-0.1, -0.05) is 18.2 Å². The summed E-state index contributed by atoms with van der Waals surface area (Å²) < 4.78 is 4.65. The van der Waals surface area contributed by atoms with Crippen molar-refractivity contribution >= 4 is 23.3 Å². The monoisotopic (exact) mass is 335 g/mol. The maximum Gasteiger partial charge on any atom is 0.411 e. The van der Waals surface area contributed by atoms with Crippen molar-refractivity contribution in [2.45, 2.75) is 0 Å². The van der Waals surface area contributed by atoms with E-state index in [9.17, 15) is 9.59 Å². The van der Waals surface area contributed by atoms with Crippen LogP contribution in [-0.4, -0.2) is 24.0 Å². The molecule has 0 aliphatic rings. The lowest BCUT2D eigenvalue weighted by Crippen LogP contribution is -2.12. The lowest BCUT2D eigenvalue weighted by Gasteiger charge is -2.11. The van der Waals surface area contributed by atoms with Gasteiger partial charge < -0.3 is 15.5 Å². The van der Waals surface area contributed by atoms with Crippen LogP contribution in [-0.2, 0) is 4.74 Å². The van der Waals surface area contributed by atoms with Crippen LogP contribution in [0.2, 0.25) is 0 Å². The fourth-order valence-electron chi connectivity index (χ4n) is 2.55. The second kappa shape index (κ2) is 6.92. The van der Waals surface area contributed by atoms with Gasteiger partial charge in [-0.25, -0.2) is 4.79 Å². The van der Waals surface area contributed by atoms with E-state index in [1.165, 1.54) is 7.11 Å². The fraction of sp³-hybridized carbons (Fsp3) is 0.0526. The maximum atomic E-state index is 12.8. The van der Waals surface area contributed by atoms with Gasteiger partial charge in [-0.3, -0.25) is 10.1 Å². The van der Waals surface area contributed by atoms with Crippen molar-refractivity contribution in [3.05, 3.63) is 72.1 Å². The molecule has 0 unspecified atom stereocenters. The summed E-state index contributed by atoms with van der Waals surface area (Å²) in [6.45, 7) is 0. The number of ketones is 1. The van der Waals surface area contributed by atoms with E-state index in [1.54, 1.807) is 48.8 Å². The molecule has 25 heavy (non-hydrogen) atoms. The summed E-state index contributed by atoms with van der Waals surface area (Å²) in [5, 5.41) is 2.66. The third-order valence-corrected chi connectivity index (χ3v) is 3.80. The topological polar surface area (TPSA) is 97.2 Å². The summed E-state index contributed by atoms with van der Waals surface area (Å²) in [4.78, 5) is 27.3. The van der Waals surface area contributed by atoms with Crippen molar-refractivity contribution in [1.82, 2.24) is 4.98 Å². The number of amides is 1. The van der Waals surface area contributed by atoms with Crippen LogP contribution < -0.4 is 11.1 Å². The van der Waals surface area contributed by atoms with Crippen LogP contribution in [0.15, 0.2) is 60.9 Å². The SMILES string of the molecule is COC(=O)Nc1ccccc1-c1c[nH]cc1C(=O)c1ccc(N)cc1. The van der Waals surface area contributed by atoms with Crippen LogP contribution in [0.1, 0.15) is 15.9 Å². The first-order chi connectivity index (χ1) is 12.1. The average Bonchev–Trinajstić information content (AvgIpc) is 3.11. The molecule has 0 bridgehead atoms. The summed E-state index contributed by atoms with van der Waals surface area (Å²) in [5.74, 6) is -0.135. The Morgan fingerprint density at radius 3 is 2.44 bits per heavy atom. The Balaban J connectivity index is 2.01. The number of carbonyl (C=O) groups is 2. The number of nitrogens with one attached hydrogen (secondary N) is 2. The molecule has 1 heterocycles. The molecule has 6 heteroatoms. The predicted molar refractivity (Wildman–Crippen MR) is 96.5 cm³/mol. The van der Waals surface area contributed by atoms with Gasteiger partial charge in [0.2, 0.25) is 0 Å². The third-order valence-electron chi connectivity index (χ3n) is 3.80. The van der Waals surface area contributed by atoms with E-state index in [-0.39, 0.29) is 5.78 Å². The van der Waals surface area contributed by atoms with Gasteiger partial charge in [0.25, 0.3) is 0 Å². The molecule has 0 spiro atoms. The zero-order chi connectivity index (χ0) is 17.8. The van der Waals surface area contributed by atoms with Crippen molar-refractivity contribution in [2.24, 2.45) is 0 Å². The molecule has 0 saturated heterocycles. The molecule has 0 fully saturated rings. The largest absolute Gasteiger partial charge is 0.453 e. The van der Waals surface area contributed by atoms with Gasteiger partial charge in [-0.05, 0) is 30.3 Å². The number of aromatic nitrogens is 1. The number of benzene rings is 2. The molecule has 0 aliphatic carbocycles. The number of methoxy groups -OCH3 is 1. The number of anilines is 2. The van der Waals surface area contributed by atoms with Gasteiger partial charge in [-0.15, -0.1) is 0 Å². The Morgan fingerprint density at radius 1 is 1.00 bits per heavy atom. The van der Waals surface area contributed by atoms with Gasteiger partial charge in [-0.2, -0.15) is 0 Å². The van der Waals surface area contributed by atoms with Gasteiger partial charge in [0.05, 0.1) is 12.8 Å². The molecule has 3 aromatic rings. The lowest BCUT2D eigenvalue weighted by molar-refractivity contribution is 0.103. The van der Waals surface area contributed by atoms with Crippen molar-refractivity contribution in [1.29, 1.82) is 0 Å². The van der Waals surface area contributed by atoms with E-state index in [0.717, 1.165) is 0 Å². The minimum absolute atomic E-state index is 0.135. The van der Waals surface area contributed by atoms with Crippen LogP contribution in [0, 0.1) is 0 Å². The minimum atomic E-state index is -0.575. The van der Waals surface area contributed by atoms with E-state index in [2.05, 4.69) is 15.0 Å². The highest BCUT2D eigenvalue weighted by atomic mass is 16.5. The summed E-state index contributed by atoms with van der Waals surface area (Å²) in [7, 11) is 1.30. The number of H-pyrrole nitrogens is 1. The van der Waals surface area contributed by atoms with Crippen molar-refractivity contribution in [3.63, 3.8) is 0 Å². The quantitative estimate of drug-likeness (QED) is 0.500. The predicted octanol–water partition coefficient (Wildman–Crippen LogP) is 3.67. The van der Waals surface area contributed by atoms with Gasteiger partial charge in [0, 0.05) is 40.3 Å². The second-order valence-electron chi connectivity index (χ2n) is 5.40. The number of hydrogen-bond acceptors (Lipinski definition) is 4. The Hall–Kier alpha value is -3.54. The number of carbonyl (C=O) groups excluding carboxylic acids is 2.